The average molecular weight is 425 g/mol. The standard InChI is InChI=1S/C20H25ClN2O4S/c1-4-8-15(2)22-20(24)14-23(16-11-12-19(27-3)18(21)13-16)28(25,26)17-9-6-5-7-10-17/h5-7,9-13,15H,4,8,14H2,1-3H3,(H,22,24)/t15-/m1/s1. The van der Waals surface area contributed by atoms with Crippen molar-refractivity contribution in [2.75, 3.05) is 18.0 Å². The molecule has 0 aromatic heterocycles. The van der Waals surface area contributed by atoms with Crippen LogP contribution in [0.3, 0.4) is 0 Å². The van der Waals surface area contributed by atoms with Crippen molar-refractivity contribution in [2.45, 2.75) is 37.6 Å². The highest BCUT2D eigenvalue weighted by atomic mass is 35.5. The molecule has 0 bridgehead atoms. The molecule has 1 N–H and O–H groups in total. The zero-order chi connectivity index (χ0) is 20.7. The quantitative estimate of drug-likeness (QED) is 0.663. The van der Waals surface area contributed by atoms with Gasteiger partial charge in [-0.05, 0) is 43.7 Å². The minimum absolute atomic E-state index is 0.0433. The van der Waals surface area contributed by atoms with E-state index in [9.17, 15) is 13.2 Å². The third kappa shape index (κ3) is 5.39. The number of halogens is 1. The highest BCUT2D eigenvalue weighted by Crippen LogP contribution is 2.31. The molecule has 0 aliphatic carbocycles. The molecule has 2 aromatic carbocycles. The topological polar surface area (TPSA) is 75.7 Å². The second-order valence-corrected chi connectivity index (χ2v) is 8.67. The molecule has 1 atom stereocenters. The molecular formula is C20H25ClN2O4S. The number of amides is 1. The van der Waals surface area contributed by atoms with Crippen molar-refractivity contribution in [3.8, 4) is 5.75 Å². The Hall–Kier alpha value is -2.25. The Balaban J connectivity index is 2.41. The largest absolute Gasteiger partial charge is 0.495 e. The third-order valence-electron chi connectivity index (χ3n) is 4.17. The number of nitrogens with one attached hydrogen (secondary N) is 1. The van der Waals surface area contributed by atoms with Crippen LogP contribution in [-0.4, -0.2) is 34.0 Å². The monoisotopic (exact) mass is 424 g/mol. The lowest BCUT2D eigenvalue weighted by Gasteiger charge is -2.25. The number of hydrogen-bond acceptors (Lipinski definition) is 4. The second kappa shape index (κ2) is 9.80. The minimum atomic E-state index is -3.96. The van der Waals surface area contributed by atoms with Crippen LogP contribution < -0.4 is 14.4 Å². The maximum absolute atomic E-state index is 13.2. The second-order valence-electron chi connectivity index (χ2n) is 6.40. The van der Waals surface area contributed by atoms with E-state index in [1.807, 2.05) is 13.8 Å². The van der Waals surface area contributed by atoms with Crippen molar-refractivity contribution in [3.63, 3.8) is 0 Å². The van der Waals surface area contributed by atoms with Gasteiger partial charge in [0, 0.05) is 6.04 Å². The minimum Gasteiger partial charge on any atom is -0.495 e. The number of anilines is 1. The van der Waals surface area contributed by atoms with Gasteiger partial charge in [-0.15, -0.1) is 0 Å². The summed E-state index contributed by atoms with van der Waals surface area (Å²) >= 11 is 6.18. The van der Waals surface area contributed by atoms with Crippen molar-refractivity contribution >= 4 is 33.2 Å². The molecule has 0 unspecified atom stereocenters. The zero-order valence-corrected chi connectivity index (χ0v) is 17.8. The molecule has 0 saturated carbocycles. The van der Waals surface area contributed by atoms with E-state index in [1.54, 1.807) is 30.3 Å². The molecule has 28 heavy (non-hydrogen) atoms. The van der Waals surface area contributed by atoms with E-state index in [4.69, 9.17) is 16.3 Å². The lowest BCUT2D eigenvalue weighted by atomic mass is 10.2. The molecule has 0 fully saturated rings. The molecule has 8 heteroatoms. The molecular weight excluding hydrogens is 400 g/mol. The number of carbonyl (C=O) groups is 1. The summed E-state index contributed by atoms with van der Waals surface area (Å²) in [6, 6.07) is 12.5. The Kier molecular flexibility index (Phi) is 7.71. The number of methoxy groups -OCH3 is 1. The summed E-state index contributed by atoms with van der Waals surface area (Å²) in [6.45, 7) is 3.56. The molecule has 1 amide bonds. The molecule has 0 radical (unpaired) electrons. The van der Waals surface area contributed by atoms with Crippen molar-refractivity contribution < 1.29 is 17.9 Å². The van der Waals surface area contributed by atoms with Gasteiger partial charge in [-0.1, -0.05) is 43.1 Å². The summed E-state index contributed by atoms with van der Waals surface area (Å²) in [7, 11) is -2.49. The van der Waals surface area contributed by atoms with Gasteiger partial charge in [0.2, 0.25) is 5.91 Å². The maximum atomic E-state index is 13.2. The predicted octanol–water partition coefficient (Wildman–Crippen LogP) is 3.85. The molecule has 0 saturated heterocycles. The van der Waals surface area contributed by atoms with Gasteiger partial charge < -0.3 is 10.1 Å². The van der Waals surface area contributed by atoms with Gasteiger partial charge in [-0.2, -0.15) is 0 Å². The lowest BCUT2D eigenvalue weighted by molar-refractivity contribution is -0.120. The van der Waals surface area contributed by atoms with Crippen LogP contribution in [0.15, 0.2) is 53.4 Å². The van der Waals surface area contributed by atoms with Crippen LogP contribution in [0.4, 0.5) is 5.69 Å². The van der Waals surface area contributed by atoms with Crippen LogP contribution in [0.25, 0.3) is 0 Å². The normalized spacial score (nSPS) is 12.3. The lowest BCUT2D eigenvalue weighted by Crippen LogP contribution is -2.43. The fourth-order valence-electron chi connectivity index (χ4n) is 2.80. The molecule has 152 valence electrons. The Labute approximate surface area is 171 Å². The highest BCUT2D eigenvalue weighted by Gasteiger charge is 2.28. The maximum Gasteiger partial charge on any atom is 0.264 e. The number of rotatable bonds is 9. The number of benzene rings is 2. The van der Waals surface area contributed by atoms with Crippen molar-refractivity contribution in [3.05, 3.63) is 53.6 Å². The third-order valence-corrected chi connectivity index (χ3v) is 6.25. The van der Waals surface area contributed by atoms with E-state index < -0.39 is 10.0 Å². The van der Waals surface area contributed by atoms with E-state index >= 15 is 0 Å². The van der Waals surface area contributed by atoms with Crippen molar-refractivity contribution in [2.24, 2.45) is 0 Å². The van der Waals surface area contributed by atoms with Gasteiger partial charge >= 0.3 is 0 Å². The average Bonchev–Trinajstić information content (AvgIpc) is 2.66. The summed E-state index contributed by atoms with van der Waals surface area (Å²) in [4.78, 5) is 12.6. The SMILES string of the molecule is CCC[C@@H](C)NC(=O)CN(c1ccc(OC)c(Cl)c1)S(=O)(=O)c1ccccc1. The van der Waals surface area contributed by atoms with E-state index in [0.29, 0.717) is 5.75 Å². The summed E-state index contributed by atoms with van der Waals surface area (Å²) in [5.41, 5.74) is 0.285. The van der Waals surface area contributed by atoms with Crippen LogP contribution in [0.5, 0.6) is 5.75 Å². The van der Waals surface area contributed by atoms with Gasteiger partial charge in [0.25, 0.3) is 10.0 Å². The van der Waals surface area contributed by atoms with Gasteiger partial charge in [0.15, 0.2) is 0 Å². The molecule has 2 rings (SSSR count). The summed E-state index contributed by atoms with van der Waals surface area (Å²) in [6.07, 6.45) is 1.73. The first-order valence-electron chi connectivity index (χ1n) is 9.00. The Morgan fingerprint density at radius 2 is 1.89 bits per heavy atom. The fourth-order valence-corrected chi connectivity index (χ4v) is 4.49. The van der Waals surface area contributed by atoms with Crippen LogP contribution in [-0.2, 0) is 14.8 Å². The first-order chi connectivity index (χ1) is 13.3. The van der Waals surface area contributed by atoms with Crippen molar-refractivity contribution in [1.29, 1.82) is 0 Å². The first kappa shape index (κ1) is 22.0. The van der Waals surface area contributed by atoms with E-state index in [2.05, 4.69) is 5.32 Å². The highest BCUT2D eigenvalue weighted by molar-refractivity contribution is 7.92. The van der Waals surface area contributed by atoms with Crippen LogP contribution in [0, 0.1) is 0 Å². The molecule has 0 aliphatic rings. The first-order valence-corrected chi connectivity index (χ1v) is 10.8. The van der Waals surface area contributed by atoms with Gasteiger partial charge in [0.05, 0.1) is 22.7 Å². The van der Waals surface area contributed by atoms with Gasteiger partial charge in [0.1, 0.15) is 12.3 Å². The number of sulfonamides is 1. The summed E-state index contributed by atoms with van der Waals surface area (Å²) in [5, 5.41) is 3.10. The van der Waals surface area contributed by atoms with Crippen LogP contribution >= 0.6 is 11.6 Å². The Bertz CT molecular complexity index is 904. The fraction of sp³-hybridized carbons (Fsp3) is 0.350. The van der Waals surface area contributed by atoms with E-state index in [1.165, 1.54) is 25.3 Å². The predicted molar refractivity (Wildman–Crippen MR) is 111 cm³/mol. The molecule has 0 heterocycles. The number of carbonyl (C=O) groups excluding carboxylic acids is 1. The molecule has 0 aliphatic heterocycles. The van der Waals surface area contributed by atoms with Gasteiger partial charge in [-0.3, -0.25) is 9.10 Å². The van der Waals surface area contributed by atoms with Crippen LogP contribution in [0.1, 0.15) is 26.7 Å². The Morgan fingerprint density at radius 1 is 1.21 bits per heavy atom. The summed E-state index contributed by atoms with van der Waals surface area (Å²) < 4.78 is 32.6. The molecule has 6 nitrogen and oxygen atoms in total. The zero-order valence-electron chi connectivity index (χ0n) is 16.2. The van der Waals surface area contributed by atoms with E-state index in [0.717, 1.165) is 17.1 Å². The Morgan fingerprint density at radius 3 is 2.46 bits per heavy atom. The van der Waals surface area contributed by atoms with Crippen LogP contribution in [0.2, 0.25) is 5.02 Å². The number of nitrogens with zero attached hydrogens (tertiary/aromatic N) is 1. The molecule has 2 aromatic rings. The molecule has 0 spiro atoms. The smallest absolute Gasteiger partial charge is 0.264 e. The van der Waals surface area contributed by atoms with Gasteiger partial charge in [-0.25, -0.2) is 8.42 Å². The van der Waals surface area contributed by atoms with E-state index in [-0.39, 0.29) is 34.1 Å². The summed E-state index contributed by atoms with van der Waals surface area (Å²) in [5.74, 6) is 0.0379. The van der Waals surface area contributed by atoms with Crippen molar-refractivity contribution in [1.82, 2.24) is 5.32 Å². The number of hydrogen-bond donors (Lipinski definition) is 1. The number of ether oxygens (including phenoxy) is 1.